The van der Waals surface area contributed by atoms with E-state index in [1.807, 2.05) is 0 Å². The Labute approximate surface area is 131 Å². The van der Waals surface area contributed by atoms with Crippen molar-refractivity contribution in [3.05, 3.63) is 34.9 Å². The Kier molecular flexibility index (Phi) is 3.52. The van der Waals surface area contributed by atoms with E-state index in [2.05, 4.69) is 9.72 Å². The van der Waals surface area contributed by atoms with Crippen LogP contribution in [0.5, 0.6) is 0 Å². The van der Waals surface area contributed by atoms with Gasteiger partial charge in [-0.1, -0.05) is 0 Å². The lowest BCUT2D eigenvalue weighted by atomic mass is 10.1. The van der Waals surface area contributed by atoms with E-state index in [-0.39, 0.29) is 32.2 Å². The molecule has 0 radical (unpaired) electrons. The molecule has 0 fully saturated rings. The summed E-state index contributed by atoms with van der Waals surface area (Å²) in [6.07, 6.45) is -3.33. The number of pyridine rings is 1. The number of carbonyl (C=O) groups excluding carboxylic acids is 1. The molecule has 0 bridgehead atoms. The first-order chi connectivity index (χ1) is 10.8. The molecule has 120 valence electrons. The highest BCUT2D eigenvalue weighted by Crippen LogP contribution is 2.43. The van der Waals surface area contributed by atoms with Gasteiger partial charge >= 0.3 is 12.1 Å². The Hall–Kier alpha value is -2.55. The van der Waals surface area contributed by atoms with Crippen molar-refractivity contribution in [2.45, 2.75) is 6.18 Å². The molecule has 3 aromatic rings. The normalized spacial score (nSPS) is 11.8. The zero-order valence-electron chi connectivity index (χ0n) is 11.6. The highest BCUT2D eigenvalue weighted by Gasteiger charge is 2.36. The summed E-state index contributed by atoms with van der Waals surface area (Å²) in [6.45, 7) is 0. The van der Waals surface area contributed by atoms with E-state index in [9.17, 15) is 18.0 Å². The molecule has 23 heavy (non-hydrogen) atoms. The van der Waals surface area contributed by atoms with Crippen molar-refractivity contribution in [1.29, 1.82) is 0 Å². The van der Waals surface area contributed by atoms with Crippen LogP contribution < -0.4 is 5.73 Å². The van der Waals surface area contributed by atoms with Gasteiger partial charge in [0.15, 0.2) is 5.76 Å². The number of hydrogen-bond acceptors (Lipinski definition) is 6. The van der Waals surface area contributed by atoms with Crippen LogP contribution in [0.15, 0.2) is 28.9 Å². The predicted octanol–water partition coefficient (Wildman–Crippen LogP) is 3.94. The van der Waals surface area contributed by atoms with E-state index >= 15 is 0 Å². The fourth-order valence-corrected chi connectivity index (χ4v) is 3.18. The van der Waals surface area contributed by atoms with Crippen molar-refractivity contribution in [3.63, 3.8) is 0 Å². The van der Waals surface area contributed by atoms with Crippen LogP contribution in [0.4, 0.5) is 18.9 Å². The predicted molar refractivity (Wildman–Crippen MR) is 78.1 cm³/mol. The number of rotatable bonds is 2. The van der Waals surface area contributed by atoms with Crippen molar-refractivity contribution < 1.29 is 27.1 Å². The molecule has 0 unspecified atom stereocenters. The van der Waals surface area contributed by atoms with E-state index in [0.29, 0.717) is 0 Å². The fraction of sp³-hybridized carbons (Fsp3) is 0.143. The van der Waals surface area contributed by atoms with Crippen LogP contribution >= 0.6 is 11.3 Å². The van der Waals surface area contributed by atoms with E-state index in [4.69, 9.17) is 10.2 Å². The van der Waals surface area contributed by atoms with Crippen molar-refractivity contribution in [2.75, 3.05) is 12.8 Å². The minimum absolute atomic E-state index is 0.00694. The van der Waals surface area contributed by atoms with Crippen molar-refractivity contribution >= 4 is 33.2 Å². The van der Waals surface area contributed by atoms with Crippen LogP contribution in [-0.4, -0.2) is 18.1 Å². The average Bonchev–Trinajstić information content (AvgIpc) is 3.13. The summed E-state index contributed by atoms with van der Waals surface area (Å²) < 4.78 is 49.8. The maximum Gasteiger partial charge on any atom is 0.417 e. The molecule has 0 aliphatic rings. The lowest BCUT2D eigenvalue weighted by Crippen LogP contribution is -2.08. The Bertz CT molecular complexity index is 885. The van der Waals surface area contributed by atoms with Crippen LogP contribution in [0.3, 0.4) is 0 Å². The molecule has 3 heterocycles. The molecule has 0 amide bonds. The number of thiophene rings is 1. The number of esters is 1. The number of methoxy groups -OCH3 is 1. The van der Waals surface area contributed by atoms with Crippen molar-refractivity contribution in [3.8, 4) is 11.5 Å². The Morgan fingerprint density at radius 2 is 2.17 bits per heavy atom. The molecule has 0 saturated heterocycles. The summed E-state index contributed by atoms with van der Waals surface area (Å²) in [6, 6.07) is 3.88. The van der Waals surface area contributed by atoms with Crippen molar-refractivity contribution in [2.24, 2.45) is 0 Å². The number of aromatic nitrogens is 1. The SMILES string of the molecule is COC(=O)c1sc2nc(-c3ccco3)cc(C(F)(F)F)c2c1N. The number of hydrogen-bond donors (Lipinski definition) is 1. The molecule has 3 rings (SSSR count). The zero-order valence-corrected chi connectivity index (χ0v) is 12.4. The summed E-state index contributed by atoms with van der Waals surface area (Å²) in [5.74, 6) is -0.623. The molecule has 0 aliphatic heterocycles. The lowest BCUT2D eigenvalue weighted by Gasteiger charge is -2.10. The van der Waals surface area contributed by atoms with Gasteiger partial charge in [0.05, 0.1) is 24.6 Å². The number of halogens is 3. The third-order valence-electron chi connectivity index (χ3n) is 3.15. The maximum atomic E-state index is 13.4. The summed E-state index contributed by atoms with van der Waals surface area (Å²) in [5, 5.41) is -0.307. The summed E-state index contributed by atoms with van der Waals surface area (Å²) >= 11 is 0.746. The van der Waals surface area contributed by atoms with Gasteiger partial charge in [-0.2, -0.15) is 13.2 Å². The number of carbonyl (C=O) groups is 1. The molecule has 3 aromatic heterocycles. The molecule has 9 heteroatoms. The molecule has 0 atom stereocenters. The van der Waals surface area contributed by atoms with Gasteiger partial charge in [0.2, 0.25) is 0 Å². The van der Waals surface area contributed by atoms with Crippen LogP contribution in [0.25, 0.3) is 21.7 Å². The molecule has 5 nitrogen and oxygen atoms in total. The van der Waals surface area contributed by atoms with Gasteiger partial charge in [-0.05, 0) is 18.2 Å². The minimum atomic E-state index is -4.66. The Balaban J connectivity index is 2.35. The van der Waals surface area contributed by atoms with Gasteiger partial charge in [-0.15, -0.1) is 11.3 Å². The Morgan fingerprint density at radius 3 is 2.74 bits per heavy atom. The number of nitrogen functional groups attached to an aromatic ring is 1. The summed E-state index contributed by atoms with van der Waals surface area (Å²) in [4.78, 5) is 15.7. The average molecular weight is 342 g/mol. The number of furan rings is 1. The second kappa shape index (κ2) is 5.27. The molecule has 0 saturated carbocycles. The molecule has 2 N–H and O–H groups in total. The number of nitrogens with zero attached hydrogens (tertiary/aromatic N) is 1. The summed E-state index contributed by atoms with van der Waals surface area (Å²) in [5.41, 5.74) is 4.47. The maximum absolute atomic E-state index is 13.4. The van der Waals surface area contributed by atoms with E-state index in [1.54, 1.807) is 0 Å². The first-order valence-corrected chi connectivity index (χ1v) is 7.07. The van der Waals surface area contributed by atoms with Gasteiger partial charge in [0, 0.05) is 5.39 Å². The highest BCUT2D eigenvalue weighted by atomic mass is 32.1. The number of alkyl halides is 3. The topological polar surface area (TPSA) is 78.3 Å². The number of anilines is 1. The van der Waals surface area contributed by atoms with Crippen molar-refractivity contribution in [1.82, 2.24) is 4.98 Å². The van der Waals surface area contributed by atoms with E-state index in [1.165, 1.54) is 18.4 Å². The highest BCUT2D eigenvalue weighted by molar-refractivity contribution is 7.21. The lowest BCUT2D eigenvalue weighted by molar-refractivity contribution is -0.136. The Morgan fingerprint density at radius 1 is 1.43 bits per heavy atom. The van der Waals surface area contributed by atoms with E-state index < -0.39 is 17.7 Å². The monoisotopic (exact) mass is 342 g/mol. The largest absolute Gasteiger partial charge is 0.465 e. The van der Waals surface area contributed by atoms with Gasteiger partial charge in [-0.3, -0.25) is 0 Å². The number of ether oxygens (including phenoxy) is 1. The molecule has 0 aromatic carbocycles. The standard InChI is InChI=1S/C14H9F3N2O3S/c1-21-13(20)11-10(18)9-6(14(15,16)17)5-7(19-12(9)23-11)8-3-2-4-22-8/h2-5H,18H2,1H3. The molecular formula is C14H9F3N2O3S. The number of fused-ring (bicyclic) bond motifs is 1. The second-order valence-electron chi connectivity index (χ2n) is 4.55. The van der Waals surface area contributed by atoms with Crippen LogP contribution in [-0.2, 0) is 10.9 Å². The van der Waals surface area contributed by atoms with Crippen LogP contribution in [0.1, 0.15) is 15.2 Å². The number of nitrogens with two attached hydrogens (primary N) is 1. The fourth-order valence-electron chi connectivity index (χ4n) is 2.14. The van der Waals surface area contributed by atoms with Gasteiger partial charge < -0.3 is 14.9 Å². The first kappa shape index (κ1) is 15.3. The third kappa shape index (κ3) is 2.52. The first-order valence-electron chi connectivity index (χ1n) is 6.25. The summed E-state index contributed by atoms with van der Waals surface area (Å²) in [7, 11) is 1.12. The van der Waals surface area contributed by atoms with Crippen LogP contribution in [0.2, 0.25) is 0 Å². The van der Waals surface area contributed by atoms with Gasteiger partial charge in [0.1, 0.15) is 15.4 Å². The smallest absolute Gasteiger partial charge is 0.417 e. The minimum Gasteiger partial charge on any atom is -0.465 e. The third-order valence-corrected chi connectivity index (χ3v) is 4.23. The van der Waals surface area contributed by atoms with E-state index in [0.717, 1.165) is 24.5 Å². The van der Waals surface area contributed by atoms with Crippen LogP contribution in [0, 0.1) is 0 Å². The quantitative estimate of drug-likeness (QED) is 0.714. The van der Waals surface area contributed by atoms with Gasteiger partial charge in [-0.25, -0.2) is 9.78 Å². The molecule has 0 spiro atoms. The second-order valence-corrected chi connectivity index (χ2v) is 5.55. The van der Waals surface area contributed by atoms with Gasteiger partial charge in [0.25, 0.3) is 0 Å². The molecular weight excluding hydrogens is 333 g/mol. The zero-order chi connectivity index (χ0) is 16.8. The molecule has 0 aliphatic carbocycles.